The molecule has 0 bridgehead atoms. The number of thiophene rings is 1. The minimum atomic E-state index is -0.225. The summed E-state index contributed by atoms with van der Waals surface area (Å²) in [4.78, 5) is 13.3. The Bertz CT molecular complexity index is 882. The average molecular weight is 397 g/mol. The molecule has 0 N–H and O–H groups in total. The van der Waals surface area contributed by atoms with Crippen molar-refractivity contribution in [2.45, 2.75) is 97.6 Å². The van der Waals surface area contributed by atoms with Crippen LogP contribution >= 0.6 is 11.3 Å². The molecule has 0 saturated carbocycles. The van der Waals surface area contributed by atoms with Gasteiger partial charge in [-0.3, -0.25) is 9.98 Å². The van der Waals surface area contributed by atoms with Crippen LogP contribution in [0.25, 0.3) is 10.4 Å². The van der Waals surface area contributed by atoms with Crippen LogP contribution in [0.5, 0.6) is 0 Å². The summed E-state index contributed by atoms with van der Waals surface area (Å²) in [5, 5.41) is 2.29. The molecular weight excluding hydrogens is 360 g/mol. The fraction of sp³-hybridized carbons (Fsp3) is 0.600. The van der Waals surface area contributed by atoms with Crippen LogP contribution in [0.15, 0.2) is 34.3 Å². The topological polar surface area (TPSA) is 24.7 Å². The molecule has 1 aromatic carbocycles. The van der Waals surface area contributed by atoms with Crippen molar-refractivity contribution in [2.75, 3.05) is 0 Å². The van der Waals surface area contributed by atoms with Crippen LogP contribution in [0.1, 0.15) is 88.5 Å². The molecule has 0 saturated heterocycles. The van der Waals surface area contributed by atoms with E-state index in [1.54, 1.807) is 0 Å². The molecule has 3 heteroatoms. The number of nitrogens with zero attached hydrogens (tertiary/aromatic N) is 2. The number of unbranched alkanes of at least 4 members (excludes halogenated alkanes) is 6. The molecule has 152 valence electrons. The number of rotatable bonds is 11. The van der Waals surface area contributed by atoms with Crippen molar-refractivity contribution >= 4 is 11.3 Å². The van der Waals surface area contributed by atoms with E-state index in [9.17, 15) is 0 Å². The fourth-order valence-corrected chi connectivity index (χ4v) is 5.07. The minimum absolute atomic E-state index is 0.225. The maximum atomic E-state index is 5.36. The largest absolute Gasteiger partial charge is 0.253 e. The zero-order valence-corrected chi connectivity index (χ0v) is 19.0. The quantitative estimate of drug-likeness (QED) is 0.368. The molecule has 1 aliphatic rings. The average Bonchev–Trinajstić information content (AvgIpc) is 3.28. The van der Waals surface area contributed by atoms with Crippen molar-refractivity contribution in [3.05, 3.63) is 45.4 Å². The van der Waals surface area contributed by atoms with Crippen molar-refractivity contribution in [1.82, 2.24) is 0 Å². The Morgan fingerprint density at radius 1 is 0.750 bits per heavy atom. The summed E-state index contributed by atoms with van der Waals surface area (Å²) in [5.41, 5.74) is 2.31. The van der Waals surface area contributed by atoms with Crippen molar-refractivity contribution in [3.63, 3.8) is 0 Å². The lowest BCUT2D eigenvalue weighted by Gasteiger charge is -2.23. The third-order valence-corrected chi connectivity index (χ3v) is 6.89. The lowest BCUT2D eigenvalue weighted by atomic mass is 9.95. The van der Waals surface area contributed by atoms with Gasteiger partial charge in [0.2, 0.25) is 0 Å². The molecule has 2 heterocycles. The monoisotopic (exact) mass is 396 g/mol. The molecular formula is C25H36N2S. The van der Waals surface area contributed by atoms with Crippen molar-refractivity contribution < 1.29 is 0 Å². The van der Waals surface area contributed by atoms with Gasteiger partial charge >= 0.3 is 0 Å². The van der Waals surface area contributed by atoms with Gasteiger partial charge in [-0.2, -0.15) is 0 Å². The zero-order valence-electron chi connectivity index (χ0n) is 18.2. The van der Waals surface area contributed by atoms with Gasteiger partial charge in [-0.25, -0.2) is 0 Å². The van der Waals surface area contributed by atoms with Gasteiger partial charge in [-0.15, -0.1) is 11.3 Å². The van der Waals surface area contributed by atoms with E-state index < -0.39 is 0 Å². The Morgan fingerprint density at radius 3 is 1.96 bits per heavy atom. The van der Waals surface area contributed by atoms with Crippen molar-refractivity contribution in [3.8, 4) is 10.4 Å². The molecule has 0 unspecified atom stereocenters. The van der Waals surface area contributed by atoms with Gasteiger partial charge in [-0.1, -0.05) is 64.5 Å². The second-order valence-corrected chi connectivity index (χ2v) is 9.65. The maximum absolute atomic E-state index is 5.36. The normalized spacial score (nSPS) is 14.6. The number of hydrogen-bond acceptors (Lipinski definition) is 3. The Morgan fingerprint density at radius 2 is 1.39 bits per heavy atom. The number of fused-ring (bicyclic) bond motifs is 1. The molecule has 0 aliphatic carbocycles. The first-order valence-corrected chi connectivity index (χ1v) is 12.1. The summed E-state index contributed by atoms with van der Waals surface area (Å²) in [6.45, 7) is 8.92. The van der Waals surface area contributed by atoms with E-state index in [0.29, 0.717) is 0 Å². The van der Waals surface area contributed by atoms with E-state index >= 15 is 0 Å². The summed E-state index contributed by atoms with van der Waals surface area (Å²) in [7, 11) is 0. The highest BCUT2D eigenvalue weighted by atomic mass is 32.1. The Hall–Kier alpha value is -1.48. The summed E-state index contributed by atoms with van der Waals surface area (Å²) >= 11 is 1.86. The second kappa shape index (κ2) is 9.82. The third-order valence-electron chi connectivity index (χ3n) is 5.86. The fourth-order valence-electron chi connectivity index (χ4n) is 4.17. The predicted octanol–water partition coefficient (Wildman–Crippen LogP) is 6.92. The summed E-state index contributed by atoms with van der Waals surface area (Å²) in [6.07, 6.45) is 12.4. The molecule has 2 nitrogen and oxygen atoms in total. The van der Waals surface area contributed by atoms with E-state index in [1.165, 1.54) is 72.2 Å². The zero-order chi connectivity index (χ0) is 20.0. The van der Waals surface area contributed by atoms with E-state index in [4.69, 9.17) is 9.98 Å². The van der Waals surface area contributed by atoms with E-state index in [1.807, 2.05) is 11.3 Å². The van der Waals surface area contributed by atoms with Crippen LogP contribution in [-0.2, 0) is 0 Å². The van der Waals surface area contributed by atoms with Crippen molar-refractivity contribution in [1.29, 1.82) is 0 Å². The molecule has 1 aliphatic heterocycles. The molecule has 0 fully saturated rings. The molecule has 3 rings (SSSR count). The van der Waals surface area contributed by atoms with E-state index in [-0.39, 0.29) is 5.66 Å². The SMILES string of the molecule is CCCCCCC1(CCCCCC)N=c2c(C)ccc(-c3ccc(C)s3)c2=N1. The summed E-state index contributed by atoms with van der Waals surface area (Å²) in [5.74, 6) is 0. The van der Waals surface area contributed by atoms with Crippen LogP contribution in [-0.4, -0.2) is 5.66 Å². The first-order valence-electron chi connectivity index (χ1n) is 11.2. The molecule has 1 aromatic heterocycles. The number of aryl methyl sites for hydroxylation is 2. The Kier molecular flexibility index (Phi) is 7.45. The molecule has 0 spiro atoms. The van der Waals surface area contributed by atoms with Gasteiger partial charge in [-0.05, 0) is 57.2 Å². The van der Waals surface area contributed by atoms with Crippen LogP contribution in [0.3, 0.4) is 0 Å². The number of hydrogen-bond donors (Lipinski definition) is 0. The van der Waals surface area contributed by atoms with Gasteiger partial charge < -0.3 is 0 Å². The number of benzene rings is 1. The highest BCUT2D eigenvalue weighted by Gasteiger charge is 2.31. The maximum Gasteiger partial charge on any atom is 0.151 e. The van der Waals surface area contributed by atoms with Crippen LogP contribution < -0.4 is 10.7 Å². The highest BCUT2D eigenvalue weighted by molar-refractivity contribution is 7.15. The summed E-state index contributed by atoms with van der Waals surface area (Å²) in [6, 6.07) is 8.93. The van der Waals surface area contributed by atoms with Gasteiger partial charge in [0.15, 0.2) is 5.66 Å². The first-order chi connectivity index (χ1) is 13.6. The van der Waals surface area contributed by atoms with Gasteiger partial charge in [0, 0.05) is 15.3 Å². The van der Waals surface area contributed by atoms with Crippen LogP contribution in [0, 0.1) is 13.8 Å². The Labute approximate surface area is 174 Å². The van der Waals surface area contributed by atoms with E-state index in [0.717, 1.165) is 23.6 Å². The van der Waals surface area contributed by atoms with Crippen LogP contribution in [0.2, 0.25) is 0 Å². The van der Waals surface area contributed by atoms with Crippen molar-refractivity contribution in [2.24, 2.45) is 9.98 Å². The third kappa shape index (κ3) is 4.92. The van der Waals surface area contributed by atoms with E-state index in [2.05, 4.69) is 52.0 Å². The van der Waals surface area contributed by atoms with Crippen LogP contribution in [0.4, 0.5) is 0 Å². The van der Waals surface area contributed by atoms with Gasteiger partial charge in [0.1, 0.15) is 0 Å². The summed E-state index contributed by atoms with van der Waals surface area (Å²) < 4.78 is 0. The Balaban J connectivity index is 1.95. The molecule has 28 heavy (non-hydrogen) atoms. The minimum Gasteiger partial charge on any atom is -0.253 e. The smallest absolute Gasteiger partial charge is 0.151 e. The lowest BCUT2D eigenvalue weighted by molar-refractivity contribution is 0.350. The molecule has 2 aromatic rings. The molecule has 0 atom stereocenters. The second-order valence-electron chi connectivity index (χ2n) is 8.36. The highest BCUT2D eigenvalue weighted by Crippen LogP contribution is 2.31. The molecule has 0 radical (unpaired) electrons. The standard InChI is InChI=1S/C25H36N2S/c1-5-7-9-11-17-25(18-12-10-8-6-2)26-23-19(3)13-15-21(24(23)27-25)22-16-14-20(4)28-22/h13-16H,5-12,17-18H2,1-4H3. The predicted molar refractivity (Wildman–Crippen MR) is 122 cm³/mol. The lowest BCUT2D eigenvalue weighted by Crippen LogP contribution is -2.26. The van der Waals surface area contributed by atoms with Gasteiger partial charge in [0.05, 0.1) is 10.7 Å². The first kappa shape index (κ1) is 21.2. The van der Waals surface area contributed by atoms with Gasteiger partial charge in [0.25, 0.3) is 0 Å². The molecule has 0 amide bonds.